The van der Waals surface area contributed by atoms with Crippen LogP contribution < -0.4 is 5.32 Å². The van der Waals surface area contributed by atoms with Gasteiger partial charge in [-0.2, -0.15) is 0 Å². The molecule has 0 aromatic heterocycles. The molecule has 0 aliphatic heterocycles. The highest BCUT2D eigenvalue weighted by Gasteiger charge is 2.27. The number of aliphatic hydroxyl groups is 1. The highest BCUT2D eigenvalue weighted by atomic mass is 79.9. The van der Waals surface area contributed by atoms with E-state index in [1.807, 2.05) is 6.07 Å². The standard InChI is InChI=1S/C13H17BrFNO/c1-13(17,8-16-10-5-6-10)7-9-3-2-4-11(15)12(9)14/h2-4,10,16-17H,5-8H2,1H3. The molecule has 1 saturated carbocycles. The highest BCUT2D eigenvalue weighted by molar-refractivity contribution is 9.10. The average Bonchev–Trinajstić information content (AvgIpc) is 3.06. The Labute approximate surface area is 109 Å². The molecule has 1 atom stereocenters. The molecule has 0 spiro atoms. The molecule has 4 heteroatoms. The average molecular weight is 302 g/mol. The molecule has 2 nitrogen and oxygen atoms in total. The highest BCUT2D eigenvalue weighted by Crippen LogP contribution is 2.25. The van der Waals surface area contributed by atoms with E-state index >= 15 is 0 Å². The van der Waals surface area contributed by atoms with Crippen LogP contribution in [0.25, 0.3) is 0 Å². The first-order chi connectivity index (χ1) is 7.98. The van der Waals surface area contributed by atoms with Gasteiger partial charge in [0.2, 0.25) is 0 Å². The van der Waals surface area contributed by atoms with Crippen LogP contribution in [0.1, 0.15) is 25.3 Å². The minimum Gasteiger partial charge on any atom is -0.389 e. The summed E-state index contributed by atoms with van der Waals surface area (Å²) < 4.78 is 13.8. The van der Waals surface area contributed by atoms with E-state index in [1.165, 1.54) is 18.9 Å². The Morgan fingerprint density at radius 2 is 2.24 bits per heavy atom. The van der Waals surface area contributed by atoms with Crippen LogP contribution in [0, 0.1) is 5.82 Å². The summed E-state index contributed by atoms with van der Waals surface area (Å²) in [5, 5.41) is 13.5. The van der Waals surface area contributed by atoms with Gasteiger partial charge in [-0.15, -0.1) is 0 Å². The molecule has 0 heterocycles. The van der Waals surface area contributed by atoms with Crippen molar-refractivity contribution in [3.05, 3.63) is 34.1 Å². The molecule has 1 aliphatic rings. The lowest BCUT2D eigenvalue weighted by molar-refractivity contribution is 0.0595. The number of halogens is 2. The second-order valence-electron chi connectivity index (χ2n) is 5.04. The molecule has 1 fully saturated rings. The zero-order valence-corrected chi connectivity index (χ0v) is 11.4. The van der Waals surface area contributed by atoms with Gasteiger partial charge in [0.25, 0.3) is 0 Å². The normalized spacial score (nSPS) is 19.1. The van der Waals surface area contributed by atoms with E-state index < -0.39 is 5.60 Å². The van der Waals surface area contributed by atoms with Crippen molar-refractivity contribution in [1.82, 2.24) is 5.32 Å². The smallest absolute Gasteiger partial charge is 0.137 e. The third-order valence-electron chi connectivity index (χ3n) is 2.95. The van der Waals surface area contributed by atoms with E-state index in [1.54, 1.807) is 13.0 Å². The lowest BCUT2D eigenvalue weighted by Crippen LogP contribution is -2.40. The van der Waals surface area contributed by atoms with E-state index in [-0.39, 0.29) is 5.82 Å². The largest absolute Gasteiger partial charge is 0.389 e. The molecule has 2 rings (SSSR count). The van der Waals surface area contributed by atoms with Crippen molar-refractivity contribution in [3.63, 3.8) is 0 Å². The van der Waals surface area contributed by atoms with Crippen LogP contribution in [0.15, 0.2) is 22.7 Å². The van der Waals surface area contributed by atoms with Gasteiger partial charge in [-0.3, -0.25) is 0 Å². The maximum absolute atomic E-state index is 13.3. The molecule has 0 radical (unpaired) electrons. The van der Waals surface area contributed by atoms with Crippen LogP contribution in [-0.2, 0) is 6.42 Å². The van der Waals surface area contributed by atoms with Crippen LogP contribution in [-0.4, -0.2) is 23.3 Å². The molecule has 94 valence electrons. The van der Waals surface area contributed by atoms with E-state index in [2.05, 4.69) is 21.2 Å². The van der Waals surface area contributed by atoms with Gasteiger partial charge in [-0.25, -0.2) is 4.39 Å². The minimum atomic E-state index is -0.848. The summed E-state index contributed by atoms with van der Waals surface area (Å²) in [4.78, 5) is 0. The summed E-state index contributed by atoms with van der Waals surface area (Å²) in [7, 11) is 0. The van der Waals surface area contributed by atoms with Gasteiger partial charge in [0.1, 0.15) is 5.82 Å². The number of hydrogen-bond acceptors (Lipinski definition) is 2. The molecule has 1 aromatic rings. The zero-order valence-electron chi connectivity index (χ0n) is 9.84. The van der Waals surface area contributed by atoms with Crippen LogP contribution in [0.4, 0.5) is 4.39 Å². The van der Waals surface area contributed by atoms with Crippen molar-refractivity contribution >= 4 is 15.9 Å². The Bertz CT molecular complexity index is 404. The van der Waals surface area contributed by atoms with Crippen LogP contribution in [0.5, 0.6) is 0 Å². The topological polar surface area (TPSA) is 32.3 Å². The van der Waals surface area contributed by atoms with Gasteiger partial charge in [-0.1, -0.05) is 12.1 Å². The second-order valence-corrected chi connectivity index (χ2v) is 5.83. The summed E-state index contributed by atoms with van der Waals surface area (Å²) in [5.74, 6) is -0.284. The number of rotatable bonds is 5. The fraction of sp³-hybridized carbons (Fsp3) is 0.538. The molecule has 0 bridgehead atoms. The molecular formula is C13H17BrFNO. The van der Waals surface area contributed by atoms with Gasteiger partial charge in [-0.05, 0) is 47.3 Å². The predicted octanol–water partition coefficient (Wildman–Crippen LogP) is 2.63. The maximum Gasteiger partial charge on any atom is 0.137 e. The van der Waals surface area contributed by atoms with Crippen LogP contribution >= 0.6 is 15.9 Å². The SMILES string of the molecule is CC(O)(CNC1CC1)Cc1cccc(F)c1Br. The van der Waals surface area contributed by atoms with E-state index in [0.717, 1.165) is 5.56 Å². The molecule has 2 N–H and O–H groups in total. The number of benzene rings is 1. The van der Waals surface area contributed by atoms with Crippen molar-refractivity contribution in [2.75, 3.05) is 6.54 Å². The van der Waals surface area contributed by atoms with Gasteiger partial charge >= 0.3 is 0 Å². The molecule has 0 saturated heterocycles. The molecule has 17 heavy (non-hydrogen) atoms. The third-order valence-corrected chi connectivity index (χ3v) is 3.84. The van der Waals surface area contributed by atoms with Crippen molar-refractivity contribution in [1.29, 1.82) is 0 Å². The van der Waals surface area contributed by atoms with Crippen molar-refractivity contribution in [2.45, 2.75) is 37.8 Å². The van der Waals surface area contributed by atoms with E-state index in [0.29, 0.717) is 23.5 Å². The van der Waals surface area contributed by atoms with Crippen LogP contribution in [0.2, 0.25) is 0 Å². The first-order valence-corrected chi connectivity index (χ1v) is 6.66. The van der Waals surface area contributed by atoms with Gasteiger partial charge in [0.15, 0.2) is 0 Å². The van der Waals surface area contributed by atoms with Crippen molar-refractivity contribution in [2.24, 2.45) is 0 Å². The van der Waals surface area contributed by atoms with Gasteiger partial charge in [0, 0.05) is 19.0 Å². The maximum atomic E-state index is 13.3. The first kappa shape index (κ1) is 13.0. The Morgan fingerprint density at radius 3 is 2.88 bits per heavy atom. The molecule has 1 aromatic carbocycles. The minimum absolute atomic E-state index is 0.284. The Hall–Kier alpha value is -0.450. The summed E-state index contributed by atoms with van der Waals surface area (Å²) in [6.45, 7) is 2.32. The quantitative estimate of drug-likeness (QED) is 0.876. The lowest BCUT2D eigenvalue weighted by atomic mass is 9.96. The second kappa shape index (κ2) is 5.04. The Balaban J connectivity index is 1.99. The predicted molar refractivity (Wildman–Crippen MR) is 69.5 cm³/mol. The summed E-state index contributed by atoms with van der Waals surface area (Å²) in [5.41, 5.74) is -0.0496. The molecule has 1 aliphatic carbocycles. The zero-order chi connectivity index (χ0) is 12.5. The monoisotopic (exact) mass is 301 g/mol. The fourth-order valence-corrected chi connectivity index (χ4v) is 2.21. The van der Waals surface area contributed by atoms with Crippen molar-refractivity contribution in [3.8, 4) is 0 Å². The number of nitrogens with one attached hydrogen (secondary N) is 1. The van der Waals surface area contributed by atoms with Crippen molar-refractivity contribution < 1.29 is 9.50 Å². The first-order valence-electron chi connectivity index (χ1n) is 5.86. The fourth-order valence-electron chi connectivity index (χ4n) is 1.81. The van der Waals surface area contributed by atoms with Crippen LogP contribution in [0.3, 0.4) is 0 Å². The van der Waals surface area contributed by atoms with E-state index in [9.17, 15) is 9.50 Å². The molecule has 0 amide bonds. The summed E-state index contributed by atoms with van der Waals surface area (Å²) in [6, 6.07) is 5.47. The summed E-state index contributed by atoms with van der Waals surface area (Å²) in [6.07, 6.45) is 2.82. The summed E-state index contributed by atoms with van der Waals surface area (Å²) >= 11 is 3.22. The van der Waals surface area contributed by atoms with Gasteiger partial charge < -0.3 is 10.4 Å². The van der Waals surface area contributed by atoms with E-state index in [4.69, 9.17) is 0 Å². The Morgan fingerprint density at radius 1 is 1.53 bits per heavy atom. The third kappa shape index (κ3) is 3.76. The molecule has 1 unspecified atom stereocenters. The number of hydrogen-bond donors (Lipinski definition) is 2. The lowest BCUT2D eigenvalue weighted by Gasteiger charge is -2.24. The molecular weight excluding hydrogens is 285 g/mol. The van der Waals surface area contributed by atoms with Gasteiger partial charge in [0.05, 0.1) is 10.1 Å². The Kier molecular flexibility index (Phi) is 3.85.